The second-order valence-corrected chi connectivity index (χ2v) is 7.59. The lowest BCUT2D eigenvalue weighted by Crippen LogP contribution is -2.00. The van der Waals surface area contributed by atoms with Crippen LogP contribution in [-0.4, -0.2) is 4.57 Å². The molecule has 0 aliphatic heterocycles. The number of hydrogen-bond acceptors (Lipinski definition) is 1. The average Bonchev–Trinajstić information content (AvgIpc) is 3.02. The van der Waals surface area contributed by atoms with Gasteiger partial charge in [-0.05, 0) is 41.5 Å². The van der Waals surface area contributed by atoms with Crippen LogP contribution in [0.15, 0.2) is 72.9 Å². The van der Waals surface area contributed by atoms with Crippen LogP contribution in [0.3, 0.4) is 0 Å². The quantitative estimate of drug-likeness (QED) is 0.363. The van der Waals surface area contributed by atoms with Crippen molar-refractivity contribution in [3.05, 3.63) is 99.1 Å². The van der Waals surface area contributed by atoms with Gasteiger partial charge in [0.2, 0.25) is 0 Å². The number of nitrogens with zero attached hydrogens (tertiary/aromatic N) is 1. The van der Waals surface area contributed by atoms with Crippen molar-refractivity contribution in [1.29, 1.82) is 0 Å². The molecule has 1 N–H and O–H groups in total. The summed E-state index contributed by atoms with van der Waals surface area (Å²) in [5, 5.41) is 6.53. The normalized spacial score (nSPS) is 11.1. The van der Waals surface area contributed by atoms with Crippen molar-refractivity contribution in [2.24, 2.45) is 0 Å². The van der Waals surface area contributed by atoms with Crippen LogP contribution < -0.4 is 5.32 Å². The van der Waals surface area contributed by atoms with Crippen LogP contribution in [-0.2, 0) is 13.1 Å². The summed E-state index contributed by atoms with van der Waals surface area (Å²) in [5.41, 5.74) is 4.43. The first-order valence-electron chi connectivity index (χ1n) is 8.61. The van der Waals surface area contributed by atoms with E-state index in [0.29, 0.717) is 16.6 Å². The molecular weight excluding hydrogens is 399 g/mol. The van der Waals surface area contributed by atoms with Crippen molar-refractivity contribution in [1.82, 2.24) is 4.57 Å². The monoisotopic (exact) mass is 414 g/mol. The van der Waals surface area contributed by atoms with Gasteiger partial charge in [0.1, 0.15) is 0 Å². The van der Waals surface area contributed by atoms with Crippen molar-refractivity contribution in [3.8, 4) is 0 Å². The smallest absolute Gasteiger partial charge is 0.0612 e. The summed E-state index contributed by atoms with van der Waals surface area (Å²) in [6.45, 7) is 1.42. The maximum absolute atomic E-state index is 6.35. The third-order valence-corrected chi connectivity index (χ3v) is 5.68. The van der Waals surface area contributed by atoms with E-state index in [-0.39, 0.29) is 0 Å². The van der Waals surface area contributed by atoms with Gasteiger partial charge >= 0.3 is 0 Å². The Bertz CT molecular complexity index is 1100. The molecule has 0 aliphatic carbocycles. The Balaban J connectivity index is 1.63. The first kappa shape index (κ1) is 18.2. The minimum absolute atomic E-state index is 0.544. The summed E-state index contributed by atoms with van der Waals surface area (Å²) in [6, 6.07) is 21.9. The highest BCUT2D eigenvalue weighted by Gasteiger charge is 2.10. The molecule has 3 aromatic carbocycles. The minimum Gasteiger partial charge on any atom is -0.381 e. The minimum atomic E-state index is 0.544. The van der Waals surface area contributed by atoms with E-state index in [4.69, 9.17) is 34.8 Å². The molecule has 136 valence electrons. The summed E-state index contributed by atoms with van der Waals surface area (Å²) in [5.74, 6) is 0. The van der Waals surface area contributed by atoms with Gasteiger partial charge in [-0.25, -0.2) is 0 Å². The van der Waals surface area contributed by atoms with Gasteiger partial charge in [-0.1, -0.05) is 71.2 Å². The van der Waals surface area contributed by atoms with E-state index in [9.17, 15) is 0 Å². The largest absolute Gasteiger partial charge is 0.381 e. The Morgan fingerprint density at radius 1 is 0.741 bits per heavy atom. The molecule has 0 atom stereocenters. The van der Waals surface area contributed by atoms with Crippen LogP contribution in [0.4, 0.5) is 5.69 Å². The molecule has 0 saturated heterocycles. The topological polar surface area (TPSA) is 17.0 Å². The van der Waals surface area contributed by atoms with E-state index >= 15 is 0 Å². The number of anilines is 1. The summed E-state index contributed by atoms with van der Waals surface area (Å²) < 4.78 is 2.24. The van der Waals surface area contributed by atoms with E-state index in [2.05, 4.69) is 46.4 Å². The highest BCUT2D eigenvalue weighted by atomic mass is 35.5. The zero-order valence-corrected chi connectivity index (χ0v) is 16.7. The molecule has 4 rings (SSSR count). The molecule has 4 aromatic rings. The van der Waals surface area contributed by atoms with E-state index in [1.807, 2.05) is 30.3 Å². The van der Waals surface area contributed by atoms with Crippen molar-refractivity contribution < 1.29 is 0 Å². The van der Waals surface area contributed by atoms with Gasteiger partial charge in [0.25, 0.3) is 0 Å². The summed E-state index contributed by atoms with van der Waals surface area (Å²) in [6.07, 6.45) is 2.18. The fourth-order valence-electron chi connectivity index (χ4n) is 3.21. The number of benzene rings is 3. The predicted molar refractivity (Wildman–Crippen MR) is 116 cm³/mol. The number of aromatic nitrogens is 1. The Morgan fingerprint density at radius 2 is 1.52 bits per heavy atom. The van der Waals surface area contributed by atoms with E-state index in [1.54, 1.807) is 6.07 Å². The third-order valence-electron chi connectivity index (χ3n) is 4.57. The van der Waals surface area contributed by atoms with Crippen LogP contribution in [0.5, 0.6) is 0 Å². The highest BCUT2D eigenvalue weighted by molar-refractivity contribution is 6.42. The molecule has 0 spiro atoms. The van der Waals surface area contributed by atoms with Crippen LogP contribution in [0.25, 0.3) is 10.9 Å². The highest BCUT2D eigenvalue weighted by Crippen LogP contribution is 2.27. The van der Waals surface area contributed by atoms with Crippen molar-refractivity contribution in [3.63, 3.8) is 0 Å². The molecule has 1 aromatic heterocycles. The van der Waals surface area contributed by atoms with Gasteiger partial charge in [-0.3, -0.25) is 0 Å². The first-order chi connectivity index (χ1) is 13.1. The Kier molecular flexibility index (Phi) is 5.31. The van der Waals surface area contributed by atoms with Gasteiger partial charge in [0, 0.05) is 40.9 Å². The molecule has 1 heterocycles. The predicted octanol–water partition coefficient (Wildman–Crippen LogP) is 7.26. The number of rotatable bonds is 5. The third kappa shape index (κ3) is 3.93. The van der Waals surface area contributed by atoms with Crippen molar-refractivity contribution >= 4 is 51.4 Å². The molecule has 0 radical (unpaired) electrons. The van der Waals surface area contributed by atoms with E-state index in [1.165, 1.54) is 16.5 Å². The molecule has 27 heavy (non-hydrogen) atoms. The maximum Gasteiger partial charge on any atom is 0.0612 e. The maximum atomic E-state index is 6.35. The summed E-state index contributed by atoms with van der Waals surface area (Å²) in [4.78, 5) is 0. The van der Waals surface area contributed by atoms with Crippen molar-refractivity contribution in [2.45, 2.75) is 13.1 Å². The number of nitrogens with one attached hydrogen (secondary N) is 1. The van der Waals surface area contributed by atoms with Gasteiger partial charge in [0.15, 0.2) is 0 Å². The van der Waals surface area contributed by atoms with E-state index < -0.39 is 0 Å². The molecule has 0 fully saturated rings. The number of fused-ring (bicyclic) bond motifs is 1. The molecule has 0 saturated carbocycles. The molecular formula is C22H17Cl3N2. The molecule has 0 aliphatic rings. The fourth-order valence-corrected chi connectivity index (χ4v) is 3.70. The summed E-state index contributed by atoms with van der Waals surface area (Å²) >= 11 is 18.5. The van der Waals surface area contributed by atoms with Gasteiger partial charge in [-0.15, -0.1) is 0 Å². The molecule has 0 bridgehead atoms. The SMILES string of the molecule is Clc1ccc(NCc2cn(Cc3ccccc3Cl)c3ccccc23)cc1Cl. The Hall–Kier alpha value is -2.13. The van der Waals surface area contributed by atoms with Crippen LogP contribution in [0, 0.1) is 0 Å². The first-order valence-corrected chi connectivity index (χ1v) is 9.74. The number of hydrogen-bond donors (Lipinski definition) is 1. The molecule has 0 amide bonds. The second-order valence-electron chi connectivity index (χ2n) is 6.37. The molecule has 0 unspecified atom stereocenters. The number of halogens is 3. The lowest BCUT2D eigenvalue weighted by atomic mass is 10.1. The van der Waals surface area contributed by atoms with Crippen LogP contribution in [0.1, 0.15) is 11.1 Å². The van der Waals surface area contributed by atoms with E-state index in [0.717, 1.165) is 22.8 Å². The van der Waals surface area contributed by atoms with Gasteiger partial charge in [-0.2, -0.15) is 0 Å². The standard InChI is InChI=1S/C22H17Cl3N2/c23-19-7-3-1-5-15(19)13-27-14-16(18-6-2-4-8-22(18)27)12-26-17-9-10-20(24)21(25)11-17/h1-11,14,26H,12-13H2. The van der Waals surface area contributed by atoms with Crippen LogP contribution >= 0.6 is 34.8 Å². The van der Waals surface area contributed by atoms with Gasteiger partial charge < -0.3 is 9.88 Å². The Labute approximate surface area is 173 Å². The molecule has 5 heteroatoms. The lowest BCUT2D eigenvalue weighted by Gasteiger charge is -2.07. The molecule has 2 nitrogen and oxygen atoms in total. The van der Waals surface area contributed by atoms with Crippen molar-refractivity contribution in [2.75, 3.05) is 5.32 Å². The second kappa shape index (κ2) is 7.85. The lowest BCUT2D eigenvalue weighted by molar-refractivity contribution is 0.831. The van der Waals surface area contributed by atoms with Gasteiger partial charge in [0.05, 0.1) is 10.0 Å². The fraction of sp³-hybridized carbons (Fsp3) is 0.0909. The Morgan fingerprint density at radius 3 is 2.33 bits per heavy atom. The summed E-state index contributed by atoms with van der Waals surface area (Å²) in [7, 11) is 0. The van der Waals surface area contributed by atoms with Crippen LogP contribution in [0.2, 0.25) is 15.1 Å². The zero-order chi connectivity index (χ0) is 18.8. The zero-order valence-electron chi connectivity index (χ0n) is 14.4. The number of para-hydroxylation sites is 1. The average molecular weight is 416 g/mol.